The number of likely N-dealkylation sites (tertiary alicyclic amines) is 1. The van der Waals surface area contributed by atoms with E-state index in [1.54, 1.807) is 11.0 Å². The van der Waals surface area contributed by atoms with Crippen LogP contribution in [0.2, 0.25) is 0 Å². The van der Waals surface area contributed by atoms with E-state index < -0.39 is 5.95 Å². The first-order valence-electron chi connectivity index (χ1n) is 5.45. The third kappa shape index (κ3) is 1.79. The van der Waals surface area contributed by atoms with Gasteiger partial charge in [0, 0.05) is 18.3 Å². The van der Waals surface area contributed by atoms with Gasteiger partial charge in [-0.05, 0) is 38.8 Å². The number of pyridine rings is 1. The predicted molar refractivity (Wildman–Crippen MR) is 58.5 cm³/mol. The maximum atomic E-state index is 13.4. The molecule has 0 N–H and O–H groups in total. The van der Waals surface area contributed by atoms with E-state index in [4.69, 9.17) is 0 Å². The van der Waals surface area contributed by atoms with Crippen LogP contribution in [-0.2, 0) is 0 Å². The number of aromatic nitrogens is 1. The van der Waals surface area contributed by atoms with Crippen molar-refractivity contribution >= 4 is 5.91 Å². The molecule has 16 heavy (non-hydrogen) atoms. The van der Waals surface area contributed by atoms with Crippen LogP contribution < -0.4 is 0 Å². The second kappa shape index (κ2) is 3.85. The first-order valence-corrected chi connectivity index (χ1v) is 5.45. The topological polar surface area (TPSA) is 33.2 Å². The van der Waals surface area contributed by atoms with Gasteiger partial charge in [0.15, 0.2) is 0 Å². The smallest absolute Gasteiger partial charge is 0.258 e. The molecule has 1 saturated heterocycles. The highest BCUT2D eigenvalue weighted by Crippen LogP contribution is 2.29. The molecule has 2 rings (SSSR count). The number of carbonyl (C=O) groups is 1. The lowest BCUT2D eigenvalue weighted by Gasteiger charge is -2.31. The minimum atomic E-state index is -0.685. The number of rotatable bonds is 1. The van der Waals surface area contributed by atoms with Crippen LogP contribution in [0.3, 0.4) is 0 Å². The quantitative estimate of drug-likeness (QED) is 0.683. The monoisotopic (exact) mass is 222 g/mol. The summed E-state index contributed by atoms with van der Waals surface area (Å²) in [5, 5.41) is 0. The predicted octanol–water partition coefficient (Wildman–Crippen LogP) is 2.24. The van der Waals surface area contributed by atoms with Crippen LogP contribution >= 0.6 is 0 Å². The summed E-state index contributed by atoms with van der Waals surface area (Å²) in [5.74, 6) is -0.941. The van der Waals surface area contributed by atoms with Gasteiger partial charge >= 0.3 is 0 Å². The Labute approximate surface area is 94.3 Å². The summed E-state index contributed by atoms with van der Waals surface area (Å²) >= 11 is 0. The van der Waals surface area contributed by atoms with Crippen LogP contribution in [0.4, 0.5) is 4.39 Å². The molecule has 0 unspecified atom stereocenters. The van der Waals surface area contributed by atoms with Crippen LogP contribution in [0, 0.1) is 5.95 Å². The second-order valence-electron chi connectivity index (χ2n) is 4.71. The van der Waals surface area contributed by atoms with Crippen LogP contribution in [-0.4, -0.2) is 27.9 Å². The zero-order valence-corrected chi connectivity index (χ0v) is 9.53. The number of nitrogens with zero attached hydrogens (tertiary/aromatic N) is 2. The Morgan fingerprint density at radius 3 is 2.88 bits per heavy atom. The van der Waals surface area contributed by atoms with E-state index in [1.807, 2.05) is 13.8 Å². The highest BCUT2D eigenvalue weighted by Gasteiger charge is 2.36. The average molecular weight is 222 g/mol. The zero-order valence-electron chi connectivity index (χ0n) is 9.53. The Balaban J connectivity index is 2.30. The van der Waals surface area contributed by atoms with Crippen molar-refractivity contribution in [1.29, 1.82) is 0 Å². The van der Waals surface area contributed by atoms with Crippen molar-refractivity contribution < 1.29 is 9.18 Å². The van der Waals surface area contributed by atoms with E-state index >= 15 is 0 Å². The highest BCUT2D eigenvalue weighted by molar-refractivity contribution is 5.94. The molecule has 0 spiro atoms. The van der Waals surface area contributed by atoms with Gasteiger partial charge < -0.3 is 4.90 Å². The standard InChI is InChI=1S/C12H15FN2O/c1-12(2)6-4-8-15(12)11(16)9-5-3-7-14-10(9)13/h3,5,7H,4,6,8H2,1-2H3. The molecule has 0 aromatic carbocycles. The highest BCUT2D eigenvalue weighted by atomic mass is 19.1. The first-order chi connectivity index (χ1) is 7.52. The second-order valence-corrected chi connectivity index (χ2v) is 4.71. The Morgan fingerprint density at radius 2 is 2.31 bits per heavy atom. The lowest BCUT2D eigenvalue weighted by Crippen LogP contribution is -2.43. The molecule has 1 aliphatic heterocycles. The third-order valence-corrected chi connectivity index (χ3v) is 3.14. The summed E-state index contributed by atoms with van der Waals surface area (Å²) in [6.45, 7) is 4.71. The molecule has 0 radical (unpaired) electrons. The summed E-state index contributed by atoms with van der Waals surface area (Å²) in [7, 11) is 0. The van der Waals surface area contributed by atoms with Crippen LogP contribution in [0.25, 0.3) is 0 Å². The molecule has 0 atom stereocenters. The minimum Gasteiger partial charge on any atom is -0.333 e. The van der Waals surface area contributed by atoms with Gasteiger partial charge in [0.05, 0.1) is 5.56 Å². The third-order valence-electron chi connectivity index (χ3n) is 3.14. The number of halogens is 1. The van der Waals surface area contributed by atoms with Crippen molar-refractivity contribution in [3.8, 4) is 0 Å². The summed E-state index contributed by atoms with van der Waals surface area (Å²) in [4.78, 5) is 17.4. The maximum absolute atomic E-state index is 13.4. The van der Waals surface area contributed by atoms with Crippen molar-refractivity contribution in [3.63, 3.8) is 0 Å². The molecule has 2 heterocycles. The molecule has 0 aliphatic carbocycles. The zero-order chi connectivity index (χ0) is 11.8. The summed E-state index contributed by atoms with van der Waals surface area (Å²) in [5.41, 5.74) is -0.114. The van der Waals surface area contributed by atoms with Crippen molar-refractivity contribution in [3.05, 3.63) is 29.8 Å². The molecule has 86 valence electrons. The molecule has 1 amide bonds. The fourth-order valence-corrected chi connectivity index (χ4v) is 2.17. The van der Waals surface area contributed by atoms with Crippen LogP contribution in [0.1, 0.15) is 37.0 Å². The van der Waals surface area contributed by atoms with Gasteiger partial charge in [0.1, 0.15) is 0 Å². The molecule has 3 nitrogen and oxygen atoms in total. The number of amides is 1. The number of hydrogen-bond donors (Lipinski definition) is 0. The van der Waals surface area contributed by atoms with Gasteiger partial charge in [-0.3, -0.25) is 4.79 Å². The molecule has 0 bridgehead atoms. The Morgan fingerprint density at radius 1 is 1.56 bits per heavy atom. The number of carbonyl (C=O) groups excluding carboxylic acids is 1. The Bertz CT molecular complexity index is 417. The van der Waals surface area contributed by atoms with Gasteiger partial charge in [0.2, 0.25) is 5.95 Å². The fourth-order valence-electron chi connectivity index (χ4n) is 2.17. The number of hydrogen-bond acceptors (Lipinski definition) is 2. The van der Waals surface area contributed by atoms with E-state index in [-0.39, 0.29) is 17.0 Å². The Hall–Kier alpha value is -1.45. The van der Waals surface area contributed by atoms with E-state index in [0.717, 1.165) is 12.8 Å². The molecule has 1 fully saturated rings. The molecule has 1 aromatic rings. The fraction of sp³-hybridized carbons (Fsp3) is 0.500. The van der Waals surface area contributed by atoms with Gasteiger partial charge in [-0.1, -0.05) is 0 Å². The van der Waals surface area contributed by atoms with Gasteiger partial charge in [-0.2, -0.15) is 4.39 Å². The molecular weight excluding hydrogens is 207 g/mol. The molecule has 4 heteroatoms. The molecular formula is C12H15FN2O. The van der Waals surface area contributed by atoms with E-state index in [1.165, 1.54) is 12.3 Å². The average Bonchev–Trinajstić information content (AvgIpc) is 2.58. The van der Waals surface area contributed by atoms with Crippen molar-refractivity contribution in [2.75, 3.05) is 6.54 Å². The lowest BCUT2D eigenvalue weighted by atomic mass is 10.0. The van der Waals surface area contributed by atoms with Crippen molar-refractivity contribution in [2.24, 2.45) is 0 Å². The van der Waals surface area contributed by atoms with Crippen LogP contribution in [0.15, 0.2) is 18.3 Å². The molecule has 1 aliphatic rings. The van der Waals surface area contributed by atoms with E-state index in [0.29, 0.717) is 6.54 Å². The minimum absolute atomic E-state index is 0.0671. The van der Waals surface area contributed by atoms with E-state index in [9.17, 15) is 9.18 Å². The summed E-state index contributed by atoms with van der Waals surface area (Å²) < 4.78 is 13.4. The first kappa shape index (κ1) is 11.0. The van der Waals surface area contributed by atoms with Crippen molar-refractivity contribution in [2.45, 2.75) is 32.2 Å². The van der Waals surface area contributed by atoms with Gasteiger partial charge in [0.25, 0.3) is 5.91 Å². The van der Waals surface area contributed by atoms with Gasteiger partial charge in [-0.15, -0.1) is 0 Å². The molecule has 1 aromatic heterocycles. The molecule has 0 saturated carbocycles. The van der Waals surface area contributed by atoms with Gasteiger partial charge in [-0.25, -0.2) is 4.98 Å². The van der Waals surface area contributed by atoms with Crippen LogP contribution in [0.5, 0.6) is 0 Å². The summed E-state index contributed by atoms with van der Waals surface area (Å²) in [6.07, 6.45) is 3.28. The Kier molecular flexibility index (Phi) is 2.66. The lowest BCUT2D eigenvalue weighted by molar-refractivity contribution is 0.0646. The summed E-state index contributed by atoms with van der Waals surface area (Å²) in [6, 6.07) is 3.07. The SMILES string of the molecule is CC1(C)CCCN1C(=O)c1cccnc1F. The maximum Gasteiger partial charge on any atom is 0.258 e. The van der Waals surface area contributed by atoms with E-state index in [2.05, 4.69) is 4.98 Å². The largest absolute Gasteiger partial charge is 0.333 e. The normalized spacial score (nSPS) is 18.8. The van der Waals surface area contributed by atoms with Crippen molar-refractivity contribution in [1.82, 2.24) is 9.88 Å².